The maximum Gasteiger partial charge on any atom is 0.270 e. The first kappa shape index (κ1) is 19.3. The second-order valence-electron chi connectivity index (χ2n) is 9.06. The predicted molar refractivity (Wildman–Crippen MR) is 124 cm³/mol. The van der Waals surface area contributed by atoms with E-state index >= 15 is 0 Å². The lowest BCUT2D eigenvalue weighted by Crippen LogP contribution is -2.45. The molecule has 0 bridgehead atoms. The highest BCUT2D eigenvalue weighted by Gasteiger charge is 2.39. The molecule has 1 aliphatic carbocycles. The normalized spacial score (nSPS) is 19.4. The predicted octanol–water partition coefficient (Wildman–Crippen LogP) is 4.50. The molecule has 0 spiro atoms. The van der Waals surface area contributed by atoms with E-state index in [9.17, 15) is 9.59 Å². The second kappa shape index (κ2) is 7.62. The first-order valence-electron chi connectivity index (χ1n) is 11.6. The number of pyridine rings is 1. The molecule has 0 unspecified atom stereocenters. The number of aromatic amines is 1. The van der Waals surface area contributed by atoms with Gasteiger partial charge in [0.15, 0.2) is 0 Å². The molecule has 3 aromatic heterocycles. The molecule has 1 aromatic carbocycles. The van der Waals surface area contributed by atoms with Crippen LogP contribution in [0.2, 0.25) is 0 Å². The zero-order valence-electron chi connectivity index (χ0n) is 18.0. The van der Waals surface area contributed by atoms with Gasteiger partial charge in [-0.05, 0) is 48.9 Å². The van der Waals surface area contributed by atoms with E-state index in [-0.39, 0.29) is 23.1 Å². The first-order valence-corrected chi connectivity index (χ1v) is 11.6. The Morgan fingerprint density at radius 2 is 1.84 bits per heavy atom. The Kier molecular flexibility index (Phi) is 4.59. The Morgan fingerprint density at radius 3 is 2.72 bits per heavy atom. The number of amides is 1. The minimum Gasteiger partial charge on any atom is -0.356 e. The van der Waals surface area contributed by atoms with Crippen molar-refractivity contribution in [3.8, 4) is 0 Å². The van der Waals surface area contributed by atoms with Crippen molar-refractivity contribution < 1.29 is 4.79 Å². The Hall–Kier alpha value is -3.41. The molecule has 1 fully saturated rings. The van der Waals surface area contributed by atoms with Gasteiger partial charge >= 0.3 is 0 Å². The summed E-state index contributed by atoms with van der Waals surface area (Å²) in [7, 11) is 0. The lowest BCUT2D eigenvalue weighted by atomic mass is 9.79. The largest absolute Gasteiger partial charge is 0.356 e. The molecule has 1 atom stereocenters. The maximum absolute atomic E-state index is 13.8. The summed E-state index contributed by atoms with van der Waals surface area (Å²) >= 11 is 0. The number of para-hydroxylation sites is 1. The van der Waals surface area contributed by atoms with E-state index in [0.29, 0.717) is 18.1 Å². The van der Waals surface area contributed by atoms with Crippen molar-refractivity contribution in [2.24, 2.45) is 5.92 Å². The van der Waals surface area contributed by atoms with Crippen LogP contribution in [0.4, 0.5) is 0 Å². The van der Waals surface area contributed by atoms with Gasteiger partial charge in [-0.15, -0.1) is 0 Å². The fourth-order valence-corrected chi connectivity index (χ4v) is 5.77. The van der Waals surface area contributed by atoms with E-state index in [0.717, 1.165) is 30.5 Å². The molecule has 6 nitrogen and oxygen atoms in total. The molecule has 2 aliphatic rings. The molecule has 6 rings (SSSR count). The molecule has 4 aromatic rings. The van der Waals surface area contributed by atoms with E-state index in [1.165, 1.54) is 40.8 Å². The summed E-state index contributed by atoms with van der Waals surface area (Å²) in [6, 6.07) is 13.8. The second-order valence-corrected chi connectivity index (χ2v) is 9.06. The van der Waals surface area contributed by atoms with Crippen LogP contribution in [0.3, 0.4) is 0 Å². The Labute approximate surface area is 185 Å². The minimum absolute atomic E-state index is 0.0326. The zero-order chi connectivity index (χ0) is 21.7. The van der Waals surface area contributed by atoms with Gasteiger partial charge in [0.05, 0.1) is 6.04 Å². The average Bonchev–Trinajstić information content (AvgIpc) is 3.23. The molecule has 1 N–H and O–H groups in total. The smallest absolute Gasteiger partial charge is 0.270 e. The highest BCUT2D eigenvalue weighted by molar-refractivity contribution is 5.95. The van der Waals surface area contributed by atoms with E-state index in [1.807, 2.05) is 17.0 Å². The van der Waals surface area contributed by atoms with Crippen molar-refractivity contribution in [1.29, 1.82) is 0 Å². The minimum atomic E-state index is -0.301. The number of H-pyrrole nitrogens is 1. The summed E-state index contributed by atoms with van der Waals surface area (Å²) in [5, 5.41) is 1.25. The fourth-order valence-electron chi connectivity index (χ4n) is 5.77. The highest BCUT2D eigenvalue weighted by atomic mass is 16.2. The third-order valence-corrected chi connectivity index (χ3v) is 7.28. The highest BCUT2D eigenvalue weighted by Crippen LogP contribution is 2.44. The van der Waals surface area contributed by atoms with Gasteiger partial charge in [-0.2, -0.15) is 0 Å². The lowest BCUT2D eigenvalue weighted by Gasteiger charge is -2.41. The Bertz CT molecular complexity index is 1380. The van der Waals surface area contributed by atoms with Gasteiger partial charge in [0, 0.05) is 35.5 Å². The third-order valence-electron chi connectivity index (χ3n) is 7.28. The molecule has 32 heavy (non-hydrogen) atoms. The van der Waals surface area contributed by atoms with Crippen LogP contribution >= 0.6 is 0 Å². The molecule has 0 radical (unpaired) electrons. The van der Waals surface area contributed by atoms with Crippen LogP contribution in [0.15, 0.2) is 59.7 Å². The number of rotatable bonds is 2. The molecular formula is C26H26N4O2. The summed E-state index contributed by atoms with van der Waals surface area (Å²) in [4.78, 5) is 36.9. The number of nitrogens with zero attached hydrogens (tertiary/aromatic N) is 3. The van der Waals surface area contributed by atoms with Gasteiger partial charge in [-0.25, -0.2) is 4.98 Å². The van der Waals surface area contributed by atoms with E-state index in [4.69, 9.17) is 0 Å². The van der Waals surface area contributed by atoms with Gasteiger partial charge in [-0.3, -0.25) is 14.0 Å². The standard InChI is InChI=1S/C26H26N4O2/c31-25-20(16-27-22-12-6-7-14-29(22)25)26(32)30-15-13-19-18-10-4-5-11-21(18)28-23(19)24(30)17-8-2-1-3-9-17/h4-7,10-12,14,16-17,24,28H,1-3,8-9,13,15H2/t24-/m1/s1. The molecule has 4 heterocycles. The summed E-state index contributed by atoms with van der Waals surface area (Å²) in [5.74, 6) is 0.191. The number of benzene rings is 1. The van der Waals surface area contributed by atoms with Gasteiger partial charge in [-0.1, -0.05) is 43.5 Å². The topological polar surface area (TPSA) is 70.5 Å². The van der Waals surface area contributed by atoms with Crippen LogP contribution in [0.25, 0.3) is 16.6 Å². The first-order chi connectivity index (χ1) is 15.7. The van der Waals surface area contributed by atoms with Gasteiger partial charge < -0.3 is 9.88 Å². The Balaban J connectivity index is 1.47. The molecule has 6 heteroatoms. The van der Waals surface area contributed by atoms with Crippen LogP contribution in [-0.2, 0) is 6.42 Å². The number of carbonyl (C=O) groups excluding carboxylic acids is 1. The fraction of sp³-hybridized carbons (Fsp3) is 0.346. The maximum atomic E-state index is 13.8. The molecule has 1 amide bonds. The number of nitrogens with one attached hydrogen (secondary N) is 1. The monoisotopic (exact) mass is 426 g/mol. The summed E-state index contributed by atoms with van der Waals surface area (Å²) in [5.41, 5.74) is 4.01. The molecule has 1 aliphatic heterocycles. The number of carbonyl (C=O) groups is 1. The van der Waals surface area contributed by atoms with E-state index < -0.39 is 0 Å². The number of hydrogen-bond donors (Lipinski definition) is 1. The molecule has 162 valence electrons. The lowest BCUT2D eigenvalue weighted by molar-refractivity contribution is 0.0531. The van der Waals surface area contributed by atoms with Crippen molar-refractivity contribution >= 4 is 22.5 Å². The average molecular weight is 427 g/mol. The van der Waals surface area contributed by atoms with Crippen molar-refractivity contribution in [1.82, 2.24) is 19.3 Å². The zero-order valence-corrected chi connectivity index (χ0v) is 18.0. The molecular weight excluding hydrogens is 400 g/mol. The van der Waals surface area contributed by atoms with Gasteiger partial charge in [0.25, 0.3) is 11.5 Å². The van der Waals surface area contributed by atoms with E-state index in [2.05, 4.69) is 28.2 Å². The van der Waals surface area contributed by atoms with Crippen LogP contribution in [0, 0.1) is 5.92 Å². The van der Waals surface area contributed by atoms with Crippen molar-refractivity contribution in [3.05, 3.63) is 82.0 Å². The van der Waals surface area contributed by atoms with Crippen molar-refractivity contribution in [2.45, 2.75) is 44.6 Å². The summed E-state index contributed by atoms with van der Waals surface area (Å²) in [6.07, 6.45) is 9.78. The number of hydrogen-bond acceptors (Lipinski definition) is 3. The van der Waals surface area contributed by atoms with Crippen LogP contribution in [-0.4, -0.2) is 31.7 Å². The summed E-state index contributed by atoms with van der Waals surface area (Å²) in [6.45, 7) is 0.617. The molecule has 0 saturated heterocycles. The van der Waals surface area contributed by atoms with Gasteiger partial charge in [0.2, 0.25) is 0 Å². The van der Waals surface area contributed by atoms with Crippen LogP contribution < -0.4 is 5.56 Å². The SMILES string of the molecule is O=C(c1cnc2ccccn2c1=O)N1CCc2c([nH]c3ccccc23)[C@H]1C1CCCCC1. The van der Waals surface area contributed by atoms with Crippen LogP contribution in [0.5, 0.6) is 0 Å². The van der Waals surface area contributed by atoms with Crippen LogP contribution in [0.1, 0.15) is 59.8 Å². The van der Waals surface area contributed by atoms with Crippen molar-refractivity contribution in [3.63, 3.8) is 0 Å². The molecule has 1 saturated carbocycles. The van der Waals surface area contributed by atoms with Crippen molar-refractivity contribution in [2.75, 3.05) is 6.54 Å². The van der Waals surface area contributed by atoms with E-state index in [1.54, 1.807) is 18.3 Å². The Morgan fingerprint density at radius 1 is 1.03 bits per heavy atom. The number of fused-ring (bicyclic) bond motifs is 4. The summed E-state index contributed by atoms with van der Waals surface area (Å²) < 4.78 is 1.46. The third kappa shape index (κ3) is 2.97. The quantitative estimate of drug-likeness (QED) is 0.513. The van der Waals surface area contributed by atoms with Gasteiger partial charge in [0.1, 0.15) is 11.2 Å². The number of aromatic nitrogens is 3.